The summed E-state index contributed by atoms with van der Waals surface area (Å²) in [6, 6.07) is -3.73. The lowest BCUT2D eigenvalue weighted by atomic mass is 9.98. The topological polar surface area (TPSA) is 372 Å². The van der Waals surface area contributed by atoms with Crippen molar-refractivity contribution in [1.29, 1.82) is 0 Å². The van der Waals surface area contributed by atoms with Crippen molar-refractivity contribution in [1.82, 2.24) is 42.5 Å². The summed E-state index contributed by atoms with van der Waals surface area (Å²) in [5.74, 6) is -8.11. The Hall–Kier alpha value is -6.53. The minimum atomic E-state index is -1.62. The fraction of sp³-hybridized carbons (Fsp3) is 0.605. The summed E-state index contributed by atoms with van der Waals surface area (Å²) in [5.41, 5.74) is 11.3. The Morgan fingerprint density at radius 3 is 1.94 bits per heavy atom. The molecule has 0 bridgehead atoms. The van der Waals surface area contributed by atoms with Crippen LogP contribution >= 0.6 is 0 Å². The number of rotatable bonds is 26. The third-order valence-electron chi connectivity index (χ3n) is 10.7. The lowest BCUT2D eigenvalue weighted by molar-refractivity contribution is -0.166. The predicted molar refractivity (Wildman–Crippen MR) is 246 cm³/mol. The van der Waals surface area contributed by atoms with E-state index in [-0.39, 0.29) is 44.1 Å². The van der Waals surface area contributed by atoms with Crippen LogP contribution in [-0.4, -0.2) is 157 Å². The van der Waals surface area contributed by atoms with Gasteiger partial charge in [-0.25, -0.2) is 14.6 Å². The third-order valence-corrected chi connectivity index (χ3v) is 10.7. The zero-order valence-electron chi connectivity index (χ0n) is 38.7. The third kappa shape index (κ3) is 18.3. The van der Waals surface area contributed by atoms with Crippen molar-refractivity contribution < 1.29 is 53.3 Å². The van der Waals surface area contributed by atoms with E-state index in [1.165, 1.54) is 43.7 Å². The molecule has 0 spiro atoms. The number of aliphatic imine (C=N–C) groups is 3. The molecule has 0 saturated carbocycles. The molecule has 0 aromatic heterocycles. The number of likely N-dealkylation sites (N-methyl/N-ethyl adjacent to an activating group) is 1. The number of phenols is 1. The van der Waals surface area contributed by atoms with Gasteiger partial charge in [0.25, 0.3) is 0 Å². The highest BCUT2D eigenvalue weighted by molar-refractivity contribution is 5.98. The molecule has 6 amide bonds. The second-order valence-electron chi connectivity index (χ2n) is 17.0. The van der Waals surface area contributed by atoms with Gasteiger partial charge in [-0.3, -0.25) is 38.8 Å². The molecule has 1 fully saturated rings. The number of esters is 2. The van der Waals surface area contributed by atoms with Crippen LogP contribution in [0.5, 0.6) is 5.75 Å². The number of aliphatic hydroxyl groups excluding tert-OH is 1. The molecule has 2 aliphatic heterocycles. The van der Waals surface area contributed by atoms with Crippen LogP contribution in [0.4, 0.5) is 0 Å². The SMILES string of the molecule is CNCC(=O)N[C@@H](CCCN=C(N)N)C(=O)N[C@H](C(=O)N[C@@H](Cc1ccc(O)cc1)C(=O)N[C@H](C(=O)N[C@@H](C[C@@H]1C=NC=N1)C(=O)OC(=O)[C@@H](NC(=O)[C@@H]1CCCN1)[C@@H](C)O)C(C)C)C(C)C. The second kappa shape index (κ2) is 27.2. The number of nitrogens with one attached hydrogen (secondary N) is 8. The van der Waals surface area contributed by atoms with Gasteiger partial charge in [0.1, 0.15) is 42.3 Å². The van der Waals surface area contributed by atoms with E-state index in [0.717, 1.165) is 6.42 Å². The summed E-state index contributed by atoms with van der Waals surface area (Å²) in [5, 5.41) is 41.6. The predicted octanol–water partition coefficient (Wildman–Crippen LogP) is -3.50. The molecule has 3 rings (SSSR count). The second-order valence-corrected chi connectivity index (χ2v) is 17.0. The number of guanidine groups is 1. The van der Waals surface area contributed by atoms with E-state index >= 15 is 0 Å². The number of aromatic hydroxyl groups is 1. The van der Waals surface area contributed by atoms with E-state index in [1.54, 1.807) is 34.7 Å². The molecule has 2 aliphatic rings. The molecule has 24 nitrogen and oxygen atoms in total. The number of amides is 6. The number of hydrogen-bond donors (Lipinski definition) is 12. The van der Waals surface area contributed by atoms with E-state index < -0.39 is 114 Å². The van der Waals surface area contributed by atoms with Gasteiger partial charge >= 0.3 is 11.9 Å². The highest BCUT2D eigenvalue weighted by atomic mass is 16.6. The molecule has 2 heterocycles. The molecule has 0 aliphatic carbocycles. The Bertz CT molecular complexity index is 1950. The van der Waals surface area contributed by atoms with Crippen molar-refractivity contribution in [3.8, 4) is 5.75 Å². The Balaban J connectivity index is 1.85. The molecule has 1 saturated heterocycles. The maximum atomic E-state index is 14.3. The number of nitrogens with two attached hydrogens (primary N) is 2. The molecule has 9 atom stereocenters. The molecule has 370 valence electrons. The molecule has 0 radical (unpaired) electrons. The fourth-order valence-corrected chi connectivity index (χ4v) is 7.01. The summed E-state index contributed by atoms with van der Waals surface area (Å²) < 4.78 is 5.13. The Labute approximate surface area is 389 Å². The number of aliphatic hydroxyl groups is 1. The monoisotopic (exact) mass is 942 g/mol. The number of ether oxygens (including phenoxy) is 1. The zero-order valence-corrected chi connectivity index (χ0v) is 38.7. The summed E-state index contributed by atoms with van der Waals surface area (Å²) in [4.78, 5) is 120. The van der Waals surface area contributed by atoms with Gasteiger partial charge in [-0.05, 0) is 75.7 Å². The molecule has 1 aromatic rings. The molecule has 14 N–H and O–H groups in total. The van der Waals surface area contributed by atoms with Crippen molar-refractivity contribution in [2.24, 2.45) is 38.3 Å². The van der Waals surface area contributed by atoms with Crippen LogP contribution in [0.15, 0.2) is 39.2 Å². The smallest absolute Gasteiger partial charge is 0.339 e. The van der Waals surface area contributed by atoms with Gasteiger partial charge in [-0.1, -0.05) is 39.8 Å². The average molecular weight is 942 g/mol. The quantitative estimate of drug-likeness (QED) is 0.0141. The van der Waals surface area contributed by atoms with E-state index in [1.807, 2.05) is 0 Å². The van der Waals surface area contributed by atoms with Crippen molar-refractivity contribution in [3.63, 3.8) is 0 Å². The highest BCUT2D eigenvalue weighted by Gasteiger charge is 2.38. The van der Waals surface area contributed by atoms with Crippen molar-refractivity contribution in [2.45, 2.75) is 128 Å². The average Bonchev–Trinajstić information content (AvgIpc) is 4.00. The fourth-order valence-electron chi connectivity index (χ4n) is 7.01. The van der Waals surface area contributed by atoms with Gasteiger partial charge in [-0.2, -0.15) is 0 Å². The number of nitrogens with zero attached hydrogens (tertiary/aromatic N) is 3. The molecule has 1 aromatic carbocycles. The van der Waals surface area contributed by atoms with Crippen LogP contribution in [0.25, 0.3) is 0 Å². The van der Waals surface area contributed by atoms with Gasteiger partial charge in [-0.15, -0.1) is 0 Å². The van der Waals surface area contributed by atoms with Gasteiger partial charge < -0.3 is 69.0 Å². The minimum absolute atomic E-state index is 0.0561. The maximum Gasteiger partial charge on any atom is 0.339 e. The molecular formula is C43H67N13O11. The summed E-state index contributed by atoms with van der Waals surface area (Å²) in [6.45, 7) is 8.47. The Morgan fingerprint density at radius 2 is 1.42 bits per heavy atom. The number of carbonyl (C=O) groups excluding carboxylic acids is 8. The molecule has 24 heteroatoms. The van der Waals surface area contributed by atoms with Gasteiger partial charge in [0, 0.05) is 25.6 Å². The van der Waals surface area contributed by atoms with Crippen LogP contribution in [0.3, 0.4) is 0 Å². The van der Waals surface area contributed by atoms with E-state index in [2.05, 4.69) is 57.5 Å². The zero-order chi connectivity index (χ0) is 49.8. The summed E-state index contributed by atoms with van der Waals surface area (Å²) in [6.07, 6.45) is 2.45. The summed E-state index contributed by atoms with van der Waals surface area (Å²) >= 11 is 0. The lowest BCUT2D eigenvalue weighted by Gasteiger charge is -2.29. The number of benzene rings is 1. The summed E-state index contributed by atoms with van der Waals surface area (Å²) in [7, 11) is 1.56. The van der Waals surface area contributed by atoms with E-state index in [9.17, 15) is 48.6 Å². The number of carbonyl (C=O) groups is 8. The van der Waals surface area contributed by atoms with E-state index in [4.69, 9.17) is 16.2 Å². The molecule has 0 unspecified atom stereocenters. The van der Waals surface area contributed by atoms with Crippen LogP contribution in [0, 0.1) is 11.8 Å². The Morgan fingerprint density at radius 1 is 0.806 bits per heavy atom. The standard InChI is InChI=1S/C43H67N13O11/c1-22(2)33(54-37(61)29(51-32(59)20-46-6)10-8-16-49-43(44)45)39(63)52-30(17-25-11-13-27(58)14-12-25)38(62)55-34(23(3)4)40(64)53-31(18-26-19-47-21-50-26)41(65)67-42(66)35(24(5)57)56-36(60)28-9-7-15-48-28/h11-14,19,21-24,26,28-31,33-35,46,48,57-58H,7-10,15-18,20H2,1-6H3,(H,51,59)(H,52,63)(H,53,64)(H,54,61)(H,55,62)(H,56,60)(H4,44,45,49)/t24-,26-,28+,29+,30+,31+,33+,34+,35+/m1/s1. The Kier molecular flexibility index (Phi) is 22.2. The molecular weight excluding hydrogens is 875 g/mol. The number of phenolic OH excluding ortho intramolecular Hbond substituents is 1. The lowest BCUT2D eigenvalue weighted by Crippen LogP contribution is -2.61. The van der Waals surface area contributed by atoms with Crippen LogP contribution in [0.2, 0.25) is 0 Å². The van der Waals surface area contributed by atoms with Crippen molar-refractivity contribution in [2.75, 3.05) is 26.7 Å². The van der Waals surface area contributed by atoms with Crippen molar-refractivity contribution in [3.05, 3.63) is 29.8 Å². The van der Waals surface area contributed by atoms with Crippen molar-refractivity contribution >= 4 is 65.9 Å². The van der Waals surface area contributed by atoms with Crippen LogP contribution in [-0.2, 0) is 49.5 Å². The maximum absolute atomic E-state index is 14.3. The van der Waals surface area contributed by atoms with Gasteiger partial charge in [0.15, 0.2) is 12.0 Å². The first kappa shape index (κ1) is 54.8. The first-order valence-electron chi connectivity index (χ1n) is 22.2. The van der Waals surface area contributed by atoms with E-state index in [0.29, 0.717) is 24.9 Å². The van der Waals surface area contributed by atoms with Crippen LogP contribution < -0.4 is 54.0 Å². The minimum Gasteiger partial charge on any atom is -0.508 e. The largest absolute Gasteiger partial charge is 0.508 e. The highest BCUT2D eigenvalue weighted by Crippen LogP contribution is 2.15. The first-order valence-corrected chi connectivity index (χ1v) is 22.2. The normalized spacial score (nSPS) is 18.3. The first-order chi connectivity index (χ1) is 31.7. The van der Waals surface area contributed by atoms with Gasteiger partial charge in [0.05, 0.1) is 24.7 Å². The van der Waals surface area contributed by atoms with Crippen LogP contribution in [0.1, 0.15) is 72.3 Å². The number of hydrogen-bond acceptors (Lipinski definition) is 16. The molecule has 67 heavy (non-hydrogen) atoms. The van der Waals surface area contributed by atoms with Gasteiger partial charge in [0.2, 0.25) is 35.4 Å².